The van der Waals surface area contributed by atoms with Crippen LogP contribution in [0.2, 0.25) is 0 Å². The molecule has 0 radical (unpaired) electrons. The molecule has 1 N–H and O–H groups in total. The number of carbonyl (C=O) groups is 1. The molecule has 1 aromatic heterocycles. The van der Waals surface area contributed by atoms with Crippen LogP contribution in [-0.2, 0) is 4.79 Å². The highest BCUT2D eigenvalue weighted by atomic mass is 79.9. The molecule has 0 spiro atoms. The first kappa shape index (κ1) is 17.1. The van der Waals surface area contributed by atoms with Crippen LogP contribution in [0.1, 0.15) is 0 Å². The molecule has 0 aliphatic rings. The Labute approximate surface area is 155 Å². The van der Waals surface area contributed by atoms with Crippen LogP contribution in [0, 0.1) is 5.82 Å². The third-order valence-corrected chi connectivity index (χ3v) is 5.81. The summed E-state index contributed by atoms with van der Waals surface area (Å²) in [5.41, 5.74) is 2.39. The van der Waals surface area contributed by atoms with Crippen molar-refractivity contribution in [2.75, 3.05) is 11.1 Å². The maximum Gasteiger partial charge on any atom is 0.234 e. The van der Waals surface area contributed by atoms with Gasteiger partial charge in [-0.2, -0.15) is 0 Å². The molecule has 0 unspecified atom stereocenters. The summed E-state index contributed by atoms with van der Waals surface area (Å²) in [5.74, 6) is -0.0877. The fraction of sp³-hybridized carbons (Fsp3) is 0.0588. The number of anilines is 1. The lowest BCUT2D eigenvalue weighted by molar-refractivity contribution is -0.113. The van der Waals surface area contributed by atoms with E-state index in [0.717, 1.165) is 25.8 Å². The topological polar surface area (TPSA) is 42.0 Å². The van der Waals surface area contributed by atoms with Crippen LogP contribution in [0.5, 0.6) is 0 Å². The van der Waals surface area contributed by atoms with Crippen molar-refractivity contribution < 1.29 is 9.18 Å². The molecule has 0 fully saturated rings. The van der Waals surface area contributed by atoms with Crippen LogP contribution in [0.3, 0.4) is 0 Å². The summed E-state index contributed by atoms with van der Waals surface area (Å²) < 4.78 is 14.6. The molecule has 1 heterocycles. The fourth-order valence-electron chi connectivity index (χ4n) is 1.95. The molecule has 0 aliphatic heterocycles. The average molecular weight is 423 g/mol. The average Bonchev–Trinajstić information content (AvgIpc) is 3.05. The summed E-state index contributed by atoms with van der Waals surface area (Å²) in [7, 11) is 0. The standard InChI is InChI=1S/C17H12BrFN2OS2/c18-13-3-1-2-4-14(13)20-16(22)10-24-17-21-15(9-23-17)11-5-7-12(19)8-6-11/h1-9H,10H2,(H,20,22). The van der Waals surface area contributed by atoms with Crippen molar-refractivity contribution in [1.29, 1.82) is 0 Å². The molecule has 3 aromatic rings. The van der Waals surface area contributed by atoms with Gasteiger partial charge in [-0.1, -0.05) is 23.9 Å². The first-order chi connectivity index (χ1) is 11.6. The minimum atomic E-state index is -0.271. The summed E-state index contributed by atoms with van der Waals surface area (Å²) in [5, 5.41) is 4.76. The Hall–Kier alpha value is -1.70. The number of halogens is 2. The van der Waals surface area contributed by atoms with Crippen molar-refractivity contribution >= 4 is 50.6 Å². The van der Waals surface area contributed by atoms with Crippen molar-refractivity contribution in [3.63, 3.8) is 0 Å². The van der Waals surface area contributed by atoms with E-state index in [2.05, 4.69) is 26.2 Å². The van der Waals surface area contributed by atoms with Crippen molar-refractivity contribution in [3.05, 3.63) is 64.2 Å². The highest BCUT2D eigenvalue weighted by Crippen LogP contribution is 2.29. The van der Waals surface area contributed by atoms with E-state index >= 15 is 0 Å². The largest absolute Gasteiger partial charge is 0.324 e. The number of para-hydroxylation sites is 1. The molecular weight excluding hydrogens is 411 g/mol. The number of hydrogen-bond donors (Lipinski definition) is 1. The van der Waals surface area contributed by atoms with Crippen molar-refractivity contribution in [1.82, 2.24) is 4.98 Å². The Kier molecular flexibility index (Phi) is 5.65. The van der Waals surface area contributed by atoms with E-state index in [1.54, 1.807) is 12.1 Å². The zero-order valence-electron chi connectivity index (χ0n) is 12.3. The van der Waals surface area contributed by atoms with Crippen LogP contribution in [-0.4, -0.2) is 16.6 Å². The summed E-state index contributed by atoms with van der Waals surface area (Å²) >= 11 is 6.24. The number of thiazole rings is 1. The molecule has 24 heavy (non-hydrogen) atoms. The molecule has 0 saturated carbocycles. The molecular formula is C17H12BrFN2OS2. The van der Waals surface area contributed by atoms with Crippen LogP contribution < -0.4 is 5.32 Å². The Morgan fingerprint density at radius 3 is 2.71 bits per heavy atom. The highest BCUT2D eigenvalue weighted by Gasteiger charge is 2.09. The first-order valence-corrected chi connectivity index (χ1v) is 9.66. The molecule has 1 amide bonds. The third-order valence-electron chi connectivity index (χ3n) is 3.10. The number of nitrogens with one attached hydrogen (secondary N) is 1. The number of hydrogen-bond acceptors (Lipinski definition) is 4. The lowest BCUT2D eigenvalue weighted by atomic mass is 10.2. The number of carbonyl (C=O) groups excluding carboxylic acids is 1. The van der Waals surface area contributed by atoms with Gasteiger partial charge in [0, 0.05) is 15.4 Å². The Morgan fingerprint density at radius 2 is 1.96 bits per heavy atom. The minimum absolute atomic E-state index is 0.0922. The molecule has 2 aromatic carbocycles. The van der Waals surface area contributed by atoms with E-state index in [-0.39, 0.29) is 17.5 Å². The Morgan fingerprint density at radius 1 is 1.21 bits per heavy atom. The van der Waals surface area contributed by atoms with Gasteiger partial charge in [0.2, 0.25) is 5.91 Å². The van der Waals surface area contributed by atoms with Gasteiger partial charge in [0.15, 0.2) is 4.34 Å². The van der Waals surface area contributed by atoms with Crippen LogP contribution >= 0.6 is 39.0 Å². The van der Waals surface area contributed by atoms with Crippen LogP contribution in [0.4, 0.5) is 10.1 Å². The number of rotatable bonds is 5. The van der Waals surface area contributed by atoms with Gasteiger partial charge in [0.1, 0.15) is 5.82 Å². The zero-order chi connectivity index (χ0) is 16.9. The van der Waals surface area contributed by atoms with Gasteiger partial charge in [-0.25, -0.2) is 9.37 Å². The van der Waals surface area contributed by atoms with E-state index < -0.39 is 0 Å². The number of benzene rings is 2. The lowest BCUT2D eigenvalue weighted by Gasteiger charge is -2.06. The van der Waals surface area contributed by atoms with Gasteiger partial charge >= 0.3 is 0 Å². The van der Waals surface area contributed by atoms with E-state index in [1.165, 1.54) is 35.2 Å². The molecule has 0 saturated heterocycles. The smallest absolute Gasteiger partial charge is 0.234 e. The monoisotopic (exact) mass is 422 g/mol. The second kappa shape index (κ2) is 7.92. The maximum absolute atomic E-state index is 13.0. The molecule has 0 atom stereocenters. The summed E-state index contributed by atoms with van der Waals surface area (Å²) in [6, 6.07) is 13.7. The highest BCUT2D eigenvalue weighted by molar-refractivity contribution is 9.10. The summed E-state index contributed by atoms with van der Waals surface area (Å²) in [4.78, 5) is 16.5. The molecule has 3 nitrogen and oxygen atoms in total. The zero-order valence-corrected chi connectivity index (χ0v) is 15.6. The molecule has 0 aliphatic carbocycles. The molecule has 122 valence electrons. The molecule has 0 bridgehead atoms. The minimum Gasteiger partial charge on any atom is -0.324 e. The fourth-order valence-corrected chi connectivity index (χ4v) is 3.97. The maximum atomic E-state index is 13.0. The lowest BCUT2D eigenvalue weighted by Crippen LogP contribution is -2.14. The SMILES string of the molecule is O=C(CSc1nc(-c2ccc(F)cc2)cs1)Nc1ccccc1Br. The van der Waals surface area contributed by atoms with E-state index in [4.69, 9.17) is 0 Å². The van der Waals surface area contributed by atoms with Crippen LogP contribution in [0.25, 0.3) is 11.3 Å². The predicted octanol–water partition coefficient (Wildman–Crippen LogP) is 5.44. The van der Waals surface area contributed by atoms with Gasteiger partial charge in [0.25, 0.3) is 0 Å². The van der Waals surface area contributed by atoms with Gasteiger partial charge in [-0.15, -0.1) is 11.3 Å². The van der Waals surface area contributed by atoms with Gasteiger partial charge in [0.05, 0.1) is 17.1 Å². The molecule has 7 heteroatoms. The summed E-state index contributed by atoms with van der Waals surface area (Å²) in [6.07, 6.45) is 0. The number of amides is 1. The normalized spacial score (nSPS) is 10.6. The van der Waals surface area contributed by atoms with E-state index in [0.29, 0.717) is 0 Å². The van der Waals surface area contributed by atoms with Gasteiger partial charge in [-0.05, 0) is 52.3 Å². The number of thioether (sulfide) groups is 1. The number of aromatic nitrogens is 1. The second-order valence-corrected chi connectivity index (χ2v) is 7.76. The second-order valence-electron chi connectivity index (χ2n) is 4.82. The summed E-state index contributed by atoms with van der Waals surface area (Å²) in [6.45, 7) is 0. The van der Waals surface area contributed by atoms with E-state index in [1.807, 2.05) is 29.6 Å². The van der Waals surface area contributed by atoms with Crippen molar-refractivity contribution in [3.8, 4) is 11.3 Å². The van der Waals surface area contributed by atoms with Crippen molar-refractivity contribution in [2.24, 2.45) is 0 Å². The van der Waals surface area contributed by atoms with Gasteiger partial charge < -0.3 is 5.32 Å². The Balaban J connectivity index is 1.58. The van der Waals surface area contributed by atoms with Gasteiger partial charge in [-0.3, -0.25) is 4.79 Å². The predicted molar refractivity (Wildman–Crippen MR) is 101 cm³/mol. The molecule has 3 rings (SSSR count). The van der Waals surface area contributed by atoms with Crippen molar-refractivity contribution in [2.45, 2.75) is 4.34 Å². The van der Waals surface area contributed by atoms with Crippen LogP contribution in [0.15, 0.2) is 62.7 Å². The quantitative estimate of drug-likeness (QED) is 0.556. The van der Waals surface area contributed by atoms with E-state index in [9.17, 15) is 9.18 Å². The third kappa shape index (κ3) is 4.43. The first-order valence-electron chi connectivity index (χ1n) is 7.00. The number of nitrogens with zero attached hydrogens (tertiary/aromatic N) is 1. The Bertz CT molecular complexity index is 852.